The number of nitrogens with zero attached hydrogens (tertiary/aromatic N) is 1. The van der Waals surface area contributed by atoms with Gasteiger partial charge in [-0.3, -0.25) is 0 Å². The summed E-state index contributed by atoms with van der Waals surface area (Å²) in [6.45, 7) is 4.79. The first-order valence-electron chi connectivity index (χ1n) is 4.79. The second kappa shape index (κ2) is 4.57. The predicted molar refractivity (Wildman–Crippen MR) is 54.4 cm³/mol. The quantitative estimate of drug-likeness (QED) is 0.691. The highest BCUT2D eigenvalue weighted by Gasteiger charge is 2.30. The summed E-state index contributed by atoms with van der Waals surface area (Å²) in [6.07, 6.45) is -0.0717. The van der Waals surface area contributed by atoms with Gasteiger partial charge in [0.05, 0.1) is 18.0 Å². The molecule has 84 valence electrons. The molecule has 0 aliphatic carbocycles. The lowest BCUT2D eigenvalue weighted by molar-refractivity contribution is -0.0440. The van der Waals surface area contributed by atoms with E-state index in [1.165, 1.54) is 4.31 Å². The predicted octanol–water partition coefficient (Wildman–Crippen LogP) is -0.616. The van der Waals surface area contributed by atoms with Gasteiger partial charge in [0.1, 0.15) is 0 Å². The Morgan fingerprint density at radius 2 is 1.86 bits per heavy atom. The van der Waals surface area contributed by atoms with Gasteiger partial charge in [0.15, 0.2) is 0 Å². The van der Waals surface area contributed by atoms with Crippen LogP contribution in [-0.2, 0) is 14.8 Å². The third kappa shape index (κ3) is 2.91. The first kappa shape index (κ1) is 11.9. The second-order valence-electron chi connectivity index (χ2n) is 3.68. The summed E-state index contributed by atoms with van der Waals surface area (Å²) in [5, 5.41) is 0. The molecule has 2 atom stereocenters. The number of hydrogen-bond donors (Lipinski definition) is 1. The maximum Gasteiger partial charge on any atom is 0.215 e. The van der Waals surface area contributed by atoms with Crippen LogP contribution in [0.5, 0.6) is 0 Å². The average Bonchev–Trinajstić information content (AvgIpc) is 2.02. The van der Waals surface area contributed by atoms with Crippen LogP contribution in [0.25, 0.3) is 0 Å². The molecule has 0 amide bonds. The molecule has 0 aromatic rings. The Labute approximate surface area is 85.3 Å². The van der Waals surface area contributed by atoms with E-state index in [1.54, 1.807) is 0 Å². The number of hydrogen-bond acceptors (Lipinski definition) is 4. The largest absolute Gasteiger partial charge is 0.373 e. The van der Waals surface area contributed by atoms with Crippen molar-refractivity contribution in [2.45, 2.75) is 26.1 Å². The van der Waals surface area contributed by atoms with Crippen LogP contribution in [0, 0.1) is 0 Å². The van der Waals surface area contributed by atoms with E-state index in [-0.39, 0.29) is 24.5 Å². The van der Waals surface area contributed by atoms with Gasteiger partial charge < -0.3 is 10.5 Å². The Hall–Kier alpha value is -0.170. The van der Waals surface area contributed by atoms with Crippen LogP contribution in [0.2, 0.25) is 0 Å². The summed E-state index contributed by atoms with van der Waals surface area (Å²) >= 11 is 0. The van der Waals surface area contributed by atoms with E-state index >= 15 is 0 Å². The molecule has 1 aliphatic rings. The fourth-order valence-corrected chi connectivity index (χ4v) is 3.07. The van der Waals surface area contributed by atoms with Gasteiger partial charge in [-0.15, -0.1) is 0 Å². The average molecular weight is 222 g/mol. The summed E-state index contributed by atoms with van der Waals surface area (Å²) in [6, 6.07) is 0. The zero-order valence-corrected chi connectivity index (χ0v) is 9.46. The molecule has 1 rings (SSSR count). The van der Waals surface area contributed by atoms with Crippen molar-refractivity contribution >= 4 is 10.0 Å². The van der Waals surface area contributed by atoms with Gasteiger partial charge in [0, 0.05) is 19.6 Å². The van der Waals surface area contributed by atoms with E-state index in [9.17, 15) is 8.42 Å². The lowest BCUT2D eigenvalue weighted by Crippen LogP contribution is -2.49. The van der Waals surface area contributed by atoms with Crippen LogP contribution >= 0.6 is 0 Å². The van der Waals surface area contributed by atoms with E-state index < -0.39 is 10.0 Å². The minimum Gasteiger partial charge on any atom is -0.373 e. The third-order valence-electron chi connectivity index (χ3n) is 2.16. The Morgan fingerprint density at radius 1 is 1.36 bits per heavy atom. The van der Waals surface area contributed by atoms with Crippen LogP contribution < -0.4 is 5.73 Å². The van der Waals surface area contributed by atoms with E-state index in [2.05, 4.69) is 0 Å². The number of nitrogens with two attached hydrogens (primary N) is 1. The molecule has 0 radical (unpaired) electrons. The lowest BCUT2D eigenvalue weighted by Gasteiger charge is -2.34. The Morgan fingerprint density at radius 3 is 2.29 bits per heavy atom. The SMILES string of the molecule is C[C@@H]1CN(S(=O)(=O)CCN)C[C@@H](C)O1. The molecule has 1 fully saturated rings. The molecule has 0 unspecified atom stereocenters. The van der Waals surface area contributed by atoms with Crippen molar-refractivity contribution in [3.05, 3.63) is 0 Å². The van der Waals surface area contributed by atoms with Crippen molar-refractivity contribution in [2.24, 2.45) is 5.73 Å². The molecule has 0 aromatic heterocycles. The molecular formula is C8H18N2O3S. The van der Waals surface area contributed by atoms with Gasteiger partial charge in [-0.1, -0.05) is 0 Å². The highest BCUT2D eigenvalue weighted by Crippen LogP contribution is 2.14. The molecule has 5 nitrogen and oxygen atoms in total. The molecular weight excluding hydrogens is 204 g/mol. The van der Waals surface area contributed by atoms with Crippen LogP contribution in [-0.4, -0.2) is 50.3 Å². The van der Waals surface area contributed by atoms with Crippen molar-refractivity contribution < 1.29 is 13.2 Å². The molecule has 6 heteroatoms. The number of morpholine rings is 1. The molecule has 2 N–H and O–H groups in total. The topological polar surface area (TPSA) is 72.6 Å². The van der Waals surface area contributed by atoms with Gasteiger partial charge >= 0.3 is 0 Å². The second-order valence-corrected chi connectivity index (χ2v) is 5.77. The third-order valence-corrected chi connectivity index (χ3v) is 3.99. The minimum absolute atomic E-state index is 0.0203. The Kier molecular flexibility index (Phi) is 3.88. The minimum atomic E-state index is -3.17. The standard InChI is InChI=1S/C8H18N2O3S/c1-7-5-10(6-8(2)13-7)14(11,12)4-3-9/h7-8H,3-6,9H2,1-2H3/t7-,8-/m1/s1. The maximum atomic E-state index is 11.7. The Bertz CT molecular complexity index is 268. The lowest BCUT2D eigenvalue weighted by atomic mass is 10.3. The molecule has 1 heterocycles. The van der Waals surface area contributed by atoms with Gasteiger partial charge in [0.2, 0.25) is 10.0 Å². The highest BCUT2D eigenvalue weighted by molar-refractivity contribution is 7.89. The summed E-state index contributed by atoms with van der Waals surface area (Å²) < 4.78 is 30.3. The molecule has 1 aliphatic heterocycles. The zero-order chi connectivity index (χ0) is 10.8. The summed E-state index contributed by atoms with van der Waals surface area (Å²) in [4.78, 5) is 0. The smallest absolute Gasteiger partial charge is 0.215 e. The van der Waals surface area contributed by atoms with Gasteiger partial charge in [-0.25, -0.2) is 8.42 Å². The molecule has 1 saturated heterocycles. The van der Waals surface area contributed by atoms with Crippen LogP contribution in [0.4, 0.5) is 0 Å². The molecule has 0 aromatic carbocycles. The fourth-order valence-electron chi connectivity index (χ4n) is 1.64. The maximum absolute atomic E-state index is 11.7. The van der Waals surface area contributed by atoms with E-state index in [4.69, 9.17) is 10.5 Å². The van der Waals surface area contributed by atoms with E-state index in [1.807, 2.05) is 13.8 Å². The molecule has 0 bridgehead atoms. The van der Waals surface area contributed by atoms with Crippen molar-refractivity contribution in [1.82, 2.24) is 4.31 Å². The summed E-state index contributed by atoms with van der Waals surface area (Å²) in [5.74, 6) is 0.0203. The number of ether oxygens (including phenoxy) is 1. The fraction of sp³-hybridized carbons (Fsp3) is 1.00. The van der Waals surface area contributed by atoms with Crippen LogP contribution in [0.15, 0.2) is 0 Å². The van der Waals surface area contributed by atoms with Crippen LogP contribution in [0.3, 0.4) is 0 Å². The number of sulfonamides is 1. The zero-order valence-electron chi connectivity index (χ0n) is 8.64. The molecule has 14 heavy (non-hydrogen) atoms. The highest BCUT2D eigenvalue weighted by atomic mass is 32.2. The van der Waals surface area contributed by atoms with Crippen LogP contribution in [0.1, 0.15) is 13.8 Å². The normalized spacial score (nSPS) is 30.5. The first-order chi connectivity index (χ1) is 6.45. The van der Waals surface area contributed by atoms with Crippen molar-refractivity contribution in [2.75, 3.05) is 25.4 Å². The summed E-state index contributed by atoms with van der Waals surface area (Å²) in [7, 11) is -3.17. The van der Waals surface area contributed by atoms with Crippen molar-refractivity contribution in [3.63, 3.8) is 0 Å². The van der Waals surface area contributed by atoms with Gasteiger partial charge in [0.25, 0.3) is 0 Å². The number of rotatable bonds is 3. The van der Waals surface area contributed by atoms with E-state index in [0.717, 1.165) is 0 Å². The molecule has 0 spiro atoms. The van der Waals surface area contributed by atoms with Crippen molar-refractivity contribution in [1.29, 1.82) is 0 Å². The molecule has 0 saturated carbocycles. The van der Waals surface area contributed by atoms with Gasteiger partial charge in [-0.05, 0) is 13.8 Å². The first-order valence-corrected chi connectivity index (χ1v) is 6.40. The monoisotopic (exact) mass is 222 g/mol. The van der Waals surface area contributed by atoms with Crippen molar-refractivity contribution in [3.8, 4) is 0 Å². The Balaban J connectivity index is 2.68. The summed E-state index contributed by atoms with van der Waals surface area (Å²) in [5.41, 5.74) is 5.25. The van der Waals surface area contributed by atoms with Gasteiger partial charge in [-0.2, -0.15) is 4.31 Å². The van der Waals surface area contributed by atoms with E-state index in [0.29, 0.717) is 13.1 Å².